The molecular weight excluding hydrogens is 454 g/mol. The van der Waals surface area contributed by atoms with Gasteiger partial charge in [0.05, 0.1) is 18.8 Å². The fourth-order valence-corrected chi connectivity index (χ4v) is 5.56. The summed E-state index contributed by atoms with van der Waals surface area (Å²) >= 11 is 0. The van der Waals surface area contributed by atoms with Gasteiger partial charge in [0, 0.05) is 44.1 Å². The van der Waals surface area contributed by atoms with E-state index in [1.165, 1.54) is 0 Å². The van der Waals surface area contributed by atoms with E-state index in [1.807, 2.05) is 83.1 Å². The Kier molecular flexibility index (Phi) is 5.53. The van der Waals surface area contributed by atoms with Crippen molar-refractivity contribution in [2.45, 2.75) is 25.0 Å². The zero-order valence-corrected chi connectivity index (χ0v) is 20.1. The topological polar surface area (TPSA) is 80.0 Å². The third-order valence-corrected chi connectivity index (χ3v) is 7.25. The fourth-order valence-electron chi connectivity index (χ4n) is 5.56. The maximum absolute atomic E-state index is 14.0. The molecule has 6 rings (SSSR count). The predicted molar refractivity (Wildman–Crippen MR) is 133 cm³/mol. The van der Waals surface area contributed by atoms with E-state index in [-0.39, 0.29) is 30.9 Å². The minimum Gasteiger partial charge on any atom is -0.361 e. The molecule has 2 saturated heterocycles. The first kappa shape index (κ1) is 22.4. The minimum absolute atomic E-state index is 0.0902. The van der Waals surface area contributed by atoms with Crippen LogP contribution in [0, 0.1) is 6.92 Å². The number of benzene rings is 1. The molecule has 1 aromatic carbocycles. The van der Waals surface area contributed by atoms with Crippen LogP contribution in [0.2, 0.25) is 0 Å². The van der Waals surface area contributed by atoms with Crippen LogP contribution in [0.4, 0.5) is 0 Å². The summed E-state index contributed by atoms with van der Waals surface area (Å²) in [5.41, 5.74) is 2.76. The second-order valence-electron chi connectivity index (χ2n) is 9.45. The first-order valence-electron chi connectivity index (χ1n) is 12.2. The van der Waals surface area contributed by atoms with Gasteiger partial charge < -0.3 is 14.5 Å². The molecule has 36 heavy (non-hydrogen) atoms. The molecule has 2 aliphatic rings. The van der Waals surface area contributed by atoms with Crippen molar-refractivity contribution in [1.82, 2.24) is 24.2 Å². The first-order valence-corrected chi connectivity index (χ1v) is 12.2. The molecule has 5 heterocycles. The van der Waals surface area contributed by atoms with Gasteiger partial charge in [-0.25, -0.2) is 4.98 Å². The Labute approximate surface area is 209 Å². The monoisotopic (exact) mass is 481 g/mol. The molecule has 0 bridgehead atoms. The molecule has 3 aromatic heterocycles. The highest BCUT2D eigenvalue weighted by Gasteiger charge is 2.58. The van der Waals surface area contributed by atoms with Crippen LogP contribution in [0.3, 0.4) is 0 Å². The normalized spacial score (nSPS) is 22.0. The smallest absolute Gasteiger partial charge is 0.272 e. The fraction of sp³-hybridized carbons (Fsp3) is 0.286. The van der Waals surface area contributed by atoms with Gasteiger partial charge in [-0.05, 0) is 36.2 Å². The van der Waals surface area contributed by atoms with Gasteiger partial charge in [0.1, 0.15) is 11.3 Å². The highest BCUT2D eigenvalue weighted by molar-refractivity contribution is 5.96. The molecule has 0 N–H and O–H groups in total. The van der Waals surface area contributed by atoms with Crippen molar-refractivity contribution in [3.63, 3.8) is 0 Å². The van der Waals surface area contributed by atoms with Crippen LogP contribution in [-0.4, -0.2) is 67.8 Å². The molecule has 8 nitrogen and oxygen atoms in total. The molecule has 0 radical (unpaired) electrons. The van der Waals surface area contributed by atoms with Gasteiger partial charge >= 0.3 is 0 Å². The Hall–Kier alpha value is -4.04. The van der Waals surface area contributed by atoms with Crippen molar-refractivity contribution in [3.8, 4) is 0 Å². The standard InChI is InChI=1S/C28H27N5O3/c1-20-25(33-13-6-5-11-24(33)30-20)26(34)31-14-15-36-28(19-31)23(22-9-3-2-4-10-22)18-32(27(28)35)17-21-8-7-12-29-16-21/h2-13,16,23H,14-15,17-19H2,1H3. The Morgan fingerprint density at radius 3 is 2.75 bits per heavy atom. The second-order valence-corrected chi connectivity index (χ2v) is 9.45. The molecule has 182 valence electrons. The van der Waals surface area contributed by atoms with Crippen LogP contribution < -0.4 is 0 Å². The molecule has 2 aliphatic heterocycles. The summed E-state index contributed by atoms with van der Waals surface area (Å²) in [4.78, 5) is 40.2. The van der Waals surface area contributed by atoms with E-state index in [4.69, 9.17) is 4.74 Å². The number of ether oxygens (including phenoxy) is 1. The summed E-state index contributed by atoms with van der Waals surface area (Å²) in [7, 11) is 0. The van der Waals surface area contributed by atoms with Crippen LogP contribution in [0.25, 0.3) is 5.65 Å². The van der Waals surface area contributed by atoms with Gasteiger partial charge in [-0.15, -0.1) is 0 Å². The summed E-state index contributed by atoms with van der Waals surface area (Å²) < 4.78 is 8.19. The lowest BCUT2D eigenvalue weighted by Crippen LogP contribution is -2.59. The average molecular weight is 482 g/mol. The van der Waals surface area contributed by atoms with Crippen molar-refractivity contribution >= 4 is 17.5 Å². The van der Waals surface area contributed by atoms with Crippen LogP contribution in [0.5, 0.6) is 0 Å². The molecule has 2 fully saturated rings. The number of imidazole rings is 1. The predicted octanol–water partition coefficient (Wildman–Crippen LogP) is 3.08. The van der Waals surface area contributed by atoms with E-state index in [2.05, 4.69) is 9.97 Å². The number of likely N-dealkylation sites (tertiary alicyclic amines) is 1. The van der Waals surface area contributed by atoms with Crippen molar-refractivity contribution in [2.75, 3.05) is 26.2 Å². The molecule has 4 aromatic rings. The Morgan fingerprint density at radius 1 is 1.11 bits per heavy atom. The molecular formula is C28H27N5O3. The van der Waals surface area contributed by atoms with E-state index in [0.29, 0.717) is 31.0 Å². The van der Waals surface area contributed by atoms with Crippen molar-refractivity contribution in [1.29, 1.82) is 0 Å². The van der Waals surface area contributed by atoms with Crippen LogP contribution in [0.1, 0.15) is 33.2 Å². The lowest BCUT2D eigenvalue weighted by Gasteiger charge is -2.42. The van der Waals surface area contributed by atoms with Gasteiger partial charge in [-0.1, -0.05) is 42.5 Å². The summed E-state index contributed by atoms with van der Waals surface area (Å²) in [6, 6.07) is 19.5. The molecule has 1 spiro atoms. The number of amides is 2. The van der Waals surface area contributed by atoms with E-state index in [1.54, 1.807) is 17.3 Å². The lowest BCUT2D eigenvalue weighted by atomic mass is 9.83. The highest BCUT2D eigenvalue weighted by atomic mass is 16.5. The Balaban J connectivity index is 1.36. The van der Waals surface area contributed by atoms with E-state index < -0.39 is 5.60 Å². The van der Waals surface area contributed by atoms with Crippen LogP contribution >= 0.6 is 0 Å². The minimum atomic E-state index is -1.15. The van der Waals surface area contributed by atoms with Crippen LogP contribution in [0.15, 0.2) is 79.3 Å². The van der Waals surface area contributed by atoms with E-state index >= 15 is 0 Å². The van der Waals surface area contributed by atoms with Gasteiger partial charge in [0.2, 0.25) is 0 Å². The van der Waals surface area contributed by atoms with Gasteiger partial charge in [-0.2, -0.15) is 0 Å². The number of carbonyl (C=O) groups excluding carboxylic acids is 2. The number of carbonyl (C=O) groups is 2. The zero-order chi connectivity index (χ0) is 24.7. The second kappa shape index (κ2) is 8.87. The van der Waals surface area contributed by atoms with Gasteiger partial charge in [-0.3, -0.25) is 19.0 Å². The number of aryl methyl sites for hydroxylation is 1. The first-order chi connectivity index (χ1) is 17.6. The molecule has 8 heteroatoms. The molecule has 2 unspecified atom stereocenters. The maximum Gasteiger partial charge on any atom is 0.272 e. The third-order valence-electron chi connectivity index (χ3n) is 7.25. The number of aromatic nitrogens is 3. The quantitative estimate of drug-likeness (QED) is 0.448. The number of hydrogen-bond acceptors (Lipinski definition) is 5. The summed E-state index contributed by atoms with van der Waals surface area (Å²) in [5, 5.41) is 0. The summed E-state index contributed by atoms with van der Waals surface area (Å²) in [6.07, 6.45) is 5.35. The number of pyridine rings is 2. The third kappa shape index (κ3) is 3.65. The van der Waals surface area contributed by atoms with Crippen LogP contribution in [-0.2, 0) is 16.1 Å². The number of fused-ring (bicyclic) bond motifs is 1. The van der Waals surface area contributed by atoms with E-state index in [9.17, 15) is 9.59 Å². The largest absolute Gasteiger partial charge is 0.361 e. The van der Waals surface area contributed by atoms with Gasteiger partial charge in [0.25, 0.3) is 11.8 Å². The van der Waals surface area contributed by atoms with Crippen molar-refractivity contribution < 1.29 is 14.3 Å². The molecule has 2 amide bonds. The number of rotatable bonds is 4. The molecule has 0 saturated carbocycles. The summed E-state index contributed by atoms with van der Waals surface area (Å²) in [5.74, 6) is -0.437. The van der Waals surface area contributed by atoms with Crippen molar-refractivity contribution in [3.05, 3.63) is 102 Å². The van der Waals surface area contributed by atoms with E-state index in [0.717, 1.165) is 16.8 Å². The summed E-state index contributed by atoms with van der Waals surface area (Å²) in [6.45, 7) is 3.69. The maximum atomic E-state index is 14.0. The molecule has 0 aliphatic carbocycles. The number of hydrogen-bond donors (Lipinski definition) is 0. The average Bonchev–Trinajstić information content (AvgIpc) is 3.38. The SMILES string of the molecule is Cc1nc2ccccn2c1C(=O)N1CCOC2(C1)C(=O)N(Cc1cccnc1)CC2c1ccccc1. The Morgan fingerprint density at radius 2 is 1.94 bits per heavy atom. The number of nitrogens with zero attached hydrogens (tertiary/aromatic N) is 5. The molecule has 2 atom stereocenters. The number of morpholine rings is 1. The lowest BCUT2D eigenvalue weighted by molar-refractivity contribution is -0.160. The van der Waals surface area contributed by atoms with Crippen molar-refractivity contribution in [2.24, 2.45) is 0 Å². The highest BCUT2D eigenvalue weighted by Crippen LogP contribution is 2.43. The Bertz CT molecular complexity index is 1420. The van der Waals surface area contributed by atoms with Gasteiger partial charge in [0.15, 0.2) is 5.60 Å². The zero-order valence-electron chi connectivity index (χ0n) is 20.1.